The fraction of sp³-hybridized carbons (Fsp3) is 0.211. The number of benzene rings is 1. The van der Waals surface area contributed by atoms with Crippen molar-refractivity contribution in [3.8, 4) is 23.7 Å². The molecule has 1 unspecified atom stereocenters. The maximum Gasteiger partial charge on any atom is 0.324 e. The van der Waals surface area contributed by atoms with Gasteiger partial charge < -0.3 is 4.74 Å². The van der Waals surface area contributed by atoms with E-state index < -0.39 is 22.0 Å². The molecule has 25 heavy (non-hydrogen) atoms. The van der Waals surface area contributed by atoms with E-state index in [0.717, 1.165) is 5.56 Å². The van der Waals surface area contributed by atoms with Crippen LogP contribution >= 0.6 is 0 Å². The molecule has 1 rings (SSSR count). The third-order valence-corrected chi connectivity index (χ3v) is 4.45. The average molecular weight is 357 g/mol. The van der Waals surface area contributed by atoms with E-state index in [0.29, 0.717) is 0 Å². The van der Waals surface area contributed by atoms with Crippen LogP contribution in [0.3, 0.4) is 0 Å². The van der Waals surface area contributed by atoms with E-state index in [-0.39, 0.29) is 11.3 Å². The zero-order valence-electron chi connectivity index (χ0n) is 14.1. The number of ether oxygens (including phenoxy) is 1. The highest BCUT2D eigenvalue weighted by Gasteiger charge is 2.25. The van der Waals surface area contributed by atoms with E-state index in [4.69, 9.17) is 0 Å². The van der Waals surface area contributed by atoms with Crippen molar-refractivity contribution in [3.63, 3.8) is 0 Å². The fourth-order valence-corrected chi connectivity index (χ4v) is 2.88. The quantitative estimate of drug-likeness (QED) is 0.646. The summed E-state index contributed by atoms with van der Waals surface area (Å²) in [5, 5.41) is 0. The first kappa shape index (κ1) is 20.2. The van der Waals surface area contributed by atoms with Gasteiger partial charge in [-0.2, -0.15) is 4.72 Å². The Morgan fingerprint density at radius 3 is 2.48 bits per heavy atom. The lowest BCUT2D eigenvalue weighted by Crippen LogP contribution is -2.41. The Morgan fingerprint density at radius 1 is 1.24 bits per heavy atom. The number of hydrogen-bond donors (Lipinski definition) is 1. The smallest absolute Gasteiger partial charge is 0.324 e. The Morgan fingerprint density at radius 2 is 1.88 bits per heavy atom. The van der Waals surface area contributed by atoms with Crippen molar-refractivity contribution < 1.29 is 17.9 Å². The van der Waals surface area contributed by atoms with Crippen molar-refractivity contribution in [2.75, 3.05) is 7.11 Å². The monoisotopic (exact) mass is 357 g/mol. The maximum atomic E-state index is 12.4. The molecular weight excluding hydrogens is 338 g/mol. The van der Waals surface area contributed by atoms with Gasteiger partial charge in [-0.1, -0.05) is 48.0 Å². The number of aryl methyl sites for hydroxylation is 1. The van der Waals surface area contributed by atoms with Crippen molar-refractivity contribution in [1.82, 2.24) is 4.72 Å². The van der Waals surface area contributed by atoms with Gasteiger partial charge in [0.05, 0.1) is 12.0 Å². The molecule has 0 saturated heterocycles. The van der Waals surface area contributed by atoms with Gasteiger partial charge in [-0.3, -0.25) is 4.79 Å². The second-order valence-electron chi connectivity index (χ2n) is 4.86. The van der Waals surface area contributed by atoms with Crippen molar-refractivity contribution in [1.29, 1.82) is 0 Å². The number of methoxy groups -OCH3 is 1. The Hall–Kier alpha value is -2.80. The van der Waals surface area contributed by atoms with Gasteiger partial charge in [0, 0.05) is 6.42 Å². The molecule has 1 N–H and O–H groups in total. The summed E-state index contributed by atoms with van der Waals surface area (Å²) in [7, 11) is -2.67. The summed E-state index contributed by atoms with van der Waals surface area (Å²) in [4.78, 5) is 11.9. The number of allylic oxidation sites excluding steroid dienone is 3. The Kier molecular flexibility index (Phi) is 8.22. The number of carbonyl (C=O) groups is 1. The lowest BCUT2D eigenvalue weighted by atomic mass is 10.2. The van der Waals surface area contributed by atoms with Gasteiger partial charge >= 0.3 is 5.97 Å². The van der Waals surface area contributed by atoms with Crippen LogP contribution in [0.5, 0.6) is 0 Å². The van der Waals surface area contributed by atoms with Gasteiger partial charge in [0.25, 0.3) is 0 Å². The van der Waals surface area contributed by atoms with Gasteiger partial charge in [0.2, 0.25) is 10.0 Å². The Labute approximate surface area is 148 Å². The summed E-state index contributed by atoms with van der Waals surface area (Å²) in [6.45, 7) is 5.30. The normalized spacial score (nSPS) is 11.6. The summed E-state index contributed by atoms with van der Waals surface area (Å²) in [5.74, 6) is 9.96. The van der Waals surface area contributed by atoms with E-state index in [1.54, 1.807) is 12.1 Å². The second-order valence-corrected chi connectivity index (χ2v) is 6.58. The van der Waals surface area contributed by atoms with Crippen LogP contribution in [0.4, 0.5) is 0 Å². The number of sulfonamides is 1. The number of rotatable bonds is 5. The molecule has 0 aliphatic carbocycles. The zero-order valence-corrected chi connectivity index (χ0v) is 14.9. The number of carbonyl (C=O) groups excluding carboxylic acids is 1. The minimum Gasteiger partial charge on any atom is -0.468 e. The van der Waals surface area contributed by atoms with Crippen LogP contribution in [0.25, 0.3) is 0 Å². The summed E-state index contributed by atoms with van der Waals surface area (Å²) >= 11 is 0. The molecule has 130 valence electrons. The lowest BCUT2D eigenvalue weighted by Gasteiger charge is -2.14. The molecule has 0 saturated carbocycles. The summed E-state index contributed by atoms with van der Waals surface area (Å²) in [6.07, 6.45) is 4.44. The van der Waals surface area contributed by atoms with Crippen LogP contribution in [0, 0.1) is 30.6 Å². The molecule has 0 radical (unpaired) electrons. The highest BCUT2D eigenvalue weighted by molar-refractivity contribution is 7.89. The third-order valence-electron chi connectivity index (χ3n) is 2.96. The summed E-state index contributed by atoms with van der Waals surface area (Å²) < 4.78 is 31.7. The molecule has 0 aromatic heterocycles. The van der Waals surface area contributed by atoms with Crippen LogP contribution < -0.4 is 4.72 Å². The predicted octanol–water partition coefficient (Wildman–Crippen LogP) is 1.95. The molecule has 6 heteroatoms. The SMILES string of the molecule is C=CC#C/C=C\C#CCC(NS(=O)(=O)c1ccc(C)cc1)C(=O)OC. The Bertz CT molecular complexity index is 860. The largest absolute Gasteiger partial charge is 0.468 e. The van der Waals surface area contributed by atoms with E-state index in [9.17, 15) is 13.2 Å². The van der Waals surface area contributed by atoms with Crippen LogP contribution in [-0.4, -0.2) is 27.5 Å². The van der Waals surface area contributed by atoms with Crippen molar-refractivity contribution in [3.05, 3.63) is 54.6 Å². The molecule has 0 spiro atoms. The first-order chi connectivity index (χ1) is 11.9. The number of nitrogens with one attached hydrogen (secondary N) is 1. The molecule has 5 nitrogen and oxygen atoms in total. The topological polar surface area (TPSA) is 72.5 Å². The Balaban J connectivity index is 2.87. The van der Waals surface area contributed by atoms with Crippen molar-refractivity contribution >= 4 is 16.0 Å². The molecule has 0 amide bonds. The molecule has 0 aliphatic rings. The fourth-order valence-electron chi connectivity index (χ4n) is 1.70. The molecule has 0 bridgehead atoms. The van der Waals surface area contributed by atoms with Crippen LogP contribution in [0.2, 0.25) is 0 Å². The summed E-state index contributed by atoms with van der Waals surface area (Å²) in [6, 6.07) is 5.20. The van der Waals surface area contributed by atoms with Crippen LogP contribution in [-0.2, 0) is 19.6 Å². The van der Waals surface area contributed by atoms with Crippen LogP contribution in [0.15, 0.2) is 54.0 Å². The van der Waals surface area contributed by atoms with Crippen molar-refractivity contribution in [2.45, 2.75) is 24.3 Å². The molecule has 0 fully saturated rings. The van der Waals surface area contributed by atoms with Gasteiger partial charge in [0.1, 0.15) is 6.04 Å². The lowest BCUT2D eigenvalue weighted by molar-refractivity contribution is -0.142. The first-order valence-electron chi connectivity index (χ1n) is 7.33. The first-order valence-corrected chi connectivity index (χ1v) is 8.81. The standard InChI is InChI=1S/C19H19NO4S/c1-4-5-6-7-8-9-10-11-18(19(21)24-3)20-25(22,23)17-14-12-16(2)13-15-17/h4,7-8,12-15,18,20H,1,11H2,2-3H3/b8-7-. The average Bonchev–Trinajstić information content (AvgIpc) is 2.59. The van der Waals surface area contributed by atoms with Gasteiger partial charge in [-0.25, -0.2) is 8.42 Å². The minimum atomic E-state index is -3.86. The zero-order chi connectivity index (χ0) is 18.7. The van der Waals surface area contributed by atoms with E-state index in [1.807, 2.05) is 6.92 Å². The third kappa shape index (κ3) is 7.09. The number of esters is 1. The van der Waals surface area contributed by atoms with E-state index >= 15 is 0 Å². The molecule has 1 aromatic rings. The molecule has 1 atom stereocenters. The summed E-state index contributed by atoms with van der Waals surface area (Å²) in [5.41, 5.74) is 0.931. The second kappa shape index (κ2) is 10.1. The highest BCUT2D eigenvalue weighted by atomic mass is 32.2. The van der Waals surface area contributed by atoms with Crippen LogP contribution in [0.1, 0.15) is 12.0 Å². The number of hydrogen-bond acceptors (Lipinski definition) is 4. The maximum absolute atomic E-state index is 12.4. The van der Waals surface area contributed by atoms with E-state index in [1.165, 1.54) is 37.5 Å². The predicted molar refractivity (Wildman–Crippen MR) is 96.8 cm³/mol. The molecular formula is C19H19NO4S. The van der Waals surface area contributed by atoms with Crippen molar-refractivity contribution in [2.24, 2.45) is 0 Å². The van der Waals surface area contributed by atoms with Gasteiger partial charge in [-0.15, -0.1) is 0 Å². The molecule has 1 aromatic carbocycles. The van der Waals surface area contributed by atoms with Gasteiger partial charge in [0.15, 0.2) is 0 Å². The van der Waals surface area contributed by atoms with Gasteiger partial charge in [-0.05, 0) is 37.3 Å². The highest BCUT2D eigenvalue weighted by Crippen LogP contribution is 2.11. The minimum absolute atomic E-state index is 0.0308. The van der Waals surface area contributed by atoms with E-state index in [2.05, 4.69) is 39.7 Å². The molecule has 0 aliphatic heterocycles. The molecule has 0 heterocycles.